The molecule has 0 aliphatic carbocycles. The van der Waals surface area contributed by atoms with Crippen LogP contribution in [0.4, 0.5) is 5.69 Å². The molecule has 0 bridgehead atoms. The van der Waals surface area contributed by atoms with Gasteiger partial charge in [0.05, 0.1) is 17.6 Å². The summed E-state index contributed by atoms with van der Waals surface area (Å²) >= 11 is 0. The molecule has 13 heavy (non-hydrogen) atoms. The Morgan fingerprint density at radius 3 is 2.46 bits per heavy atom. The summed E-state index contributed by atoms with van der Waals surface area (Å²) in [5.74, 6) is 5.06. The number of hydrazone groups is 1. The highest BCUT2D eigenvalue weighted by Crippen LogP contribution is 2.11. The molecule has 0 heterocycles. The van der Waals surface area contributed by atoms with E-state index in [1.807, 2.05) is 31.2 Å². The van der Waals surface area contributed by atoms with Gasteiger partial charge < -0.3 is 5.84 Å². The van der Waals surface area contributed by atoms with Crippen molar-refractivity contribution in [2.45, 2.75) is 13.8 Å². The summed E-state index contributed by atoms with van der Waals surface area (Å²) in [7, 11) is 0. The molecule has 2 N–H and O–H groups in total. The molecule has 0 saturated heterocycles. The highest BCUT2D eigenvalue weighted by molar-refractivity contribution is 6.29. The maximum absolute atomic E-state index is 5.06. The second kappa shape index (κ2) is 4.40. The van der Waals surface area contributed by atoms with Crippen LogP contribution >= 0.6 is 0 Å². The van der Waals surface area contributed by atoms with Crippen LogP contribution in [-0.2, 0) is 0 Å². The molecule has 0 aromatic heterocycles. The second-order valence-corrected chi connectivity index (χ2v) is 2.86. The van der Waals surface area contributed by atoms with Crippen molar-refractivity contribution in [2.24, 2.45) is 15.9 Å². The van der Waals surface area contributed by atoms with Crippen LogP contribution in [0, 0.1) is 6.92 Å². The fraction of sp³-hybridized carbons (Fsp3) is 0.200. The minimum absolute atomic E-state index is 0.709. The van der Waals surface area contributed by atoms with Crippen LogP contribution in [-0.4, -0.2) is 11.9 Å². The molecule has 1 rings (SSSR count). The lowest BCUT2D eigenvalue weighted by atomic mass is 10.2. The smallest absolute Gasteiger partial charge is 0.0752 e. The first-order chi connectivity index (χ1) is 6.22. The highest BCUT2D eigenvalue weighted by Gasteiger charge is 1.87. The molecule has 0 unspecified atom stereocenters. The monoisotopic (exact) mass is 175 g/mol. The quantitative estimate of drug-likeness (QED) is 0.417. The third-order valence-corrected chi connectivity index (χ3v) is 1.64. The maximum Gasteiger partial charge on any atom is 0.0752 e. The first-order valence-electron chi connectivity index (χ1n) is 4.07. The first-order valence-corrected chi connectivity index (χ1v) is 4.07. The van der Waals surface area contributed by atoms with Gasteiger partial charge in [0.2, 0.25) is 0 Å². The van der Waals surface area contributed by atoms with Gasteiger partial charge in [-0.25, -0.2) is 0 Å². The molecule has 0 atom stereocenters. The molecule has 3 nitrogen and oxygen atoms in total. The molecule has 0 aliphatic rings. The van der Waals surface area contributed by atoms with E-state index in [1.165, 1.54) is 5.56 Å². The second-order valence-electron chi connectivity index (χ2n) is 2.86. The SMILES string of the molecule is CC(C=Nc1ccc(C)cc1)=NN. The van der Waals surface area contributed by atoms with Crippen molar-refractivity contribution < 1.29 is 0 Å². The van der Waals surface area contributed by atoms with Crippen LogP contribution in [0.15, 0.2) is 34.4 Å². The van der Waals surface area contributed by atoms with Crippen LogP contribution in [0.25, 0.3) is 0 Å². The van der Waals surface area contributed by atoms with Gasteiger partial charge in [-0.05, 0) is 26.0 Å². The number of hydrogen-bond donors (Lipinski definition) is 1. The molecule has 0 spiro atoms. The Morgan fingerprint density at radius 1 is 1.31 bits per heavy atom. The predicted octanol–water partition coefficient (Wildman–Crippen LogP) is 2.03. The van der Waals surface area contributed by atoms with Crippen molar-refractivity contribution in [3.63, 3.8) is 0 Å². The molecule has 1 aromatic carbocycles. The average molecular weight is 175 g/mol. The zero-order chi connectivity index (χ0) is 9.68. The fourth-order valence-electron chi connectivity index (χ4n) is 0.832. The van der Waals surface area contributed by atoms with Gasteiger partial charge in [-0.3, -0.25) is 4.99 Å². The standard InChI is InChI=1S/C10H13N3/c1-8-3-5-10(6-4-8)12-7-9(2)13-11/h3-7H,11H2,1-2H3. The van der Waals surface area contributed by atoms with Crippen molar-refractivity contribution in [2.75, 3.05) is 0 Å². The van der Waals surface area contributed by atoms with Crippen molar-refractivity contribution in [1.82, 2.24) is 0 Å². The molecule has 0 saturated carbocycles. The van der Waals surface area contributed by atoms with Gasteiger partial charge in [-0.15, -0.1) is 0 Å². The molecule has 0 amide bonds. The number of benzene rings is 1. The van der Waals surface area contributed by atoms with Crippen LogP contribution in [0.1, 0.15) is 12.5 Å². The Hall–Kier alpha value is -1.64. The number of nitrogens with zero attached hydrogens (tertiary/aromatic N) is 2. The van der Waals surface area contributed by atoms with Gasteiger partial charge in [0.1, 0.15) is 0 Å². The fourth-order valence-corrected chi connectivity index (χ4v) is 0.832. The maximum atomic E-state index is 5.06. The van der Waals surface area contributed by atoms with E-state index in [2.05, 4.69) is 10.1 Å². The van der Waals surface area contributed by atoms with E-state index in [9.17, 15) is 0 Å². The van der Waals surface area contributed by atoms with Gasteiger partial charge in [0.15, 0.2) is 0 Å². The van der Waals surface area contributed by atoms with Crippen molar-refractivity contribution in [1.29, 1.82) is 0 Å². The molecular formula is C10H13N3. The Bertz CT molecular complexity index is 323. The van der Waals surface area contributed by atoms with Gasteiger partial charge in [-0.2, -0.15) is 5.10 Å². The van der Waals surface area contributed by atoms with Gasteiger partial charge in [-0.1, -0.05) is 17.7 Å². The summed E-state index contributed by atoms with van der Waals surface area (Å²) in [4.78, 5) is 4.18. The van der Waals surface area contributed by atoms with Crippen molar-refractivity contribution in [3.8, 4) is 0 Å². The number of nitrogens with two attached hydrogens (primary N) is 1. The van der Waals surface area contributed by atoms with Crippen LogP contribution in [0.2, 0.25) is 0 Å². The van der Waals surface area contributed by atoms with E-state index in [1.54, 1.807) is 13.1 Å². The zero-order valence-electron chi connectivity index (χ0n) is 7.86. The Morgan fingerprint density at radius 2 is 1.92 bits per heavy atom. The summed E-state index contributed by atoms with van der Waals surface area (Å²) in [5.41, 5.74) is 2.84. The first kappa shape index (κ1) is 9.45. The summed E-state index contributed by atoms with van der Waals surface area (Å²) < 4.78 is 0. The van der Waals surface area contributed by atoms with Gasteiger partial charge in [0, 0.05) is 0 Å². The van der Waals surface area contributed by atoms with Crippen LogP contribution < -0.4 is 5.84 Å². The zero-order valence-corrected chi connectivity index (χ0v) is 7.86. The van der Waals surface area contributed by atoms with Gasteiger partial charge >= 0.3 is 0 Å². The Balaban J connectivity index is 2.75. The molecular weight excluding hydrogens is 162 g/mol. The van der Waals surface area contributed by atoms with E-state index < -0.39 is 0 Å². The normalized spacial score (nSPS) is 12.3. The lowest BCUT2D eigenvalue weighted by Gasteiger charge is -1.93. The van der Waals surface area contributed by atoms with E-state index in [0.717, 1.165) is 5.69 Å². The van der Waals surface area contributed by atoms with E-state index in [-0.39, 0.29) is 0 Å². The van der Waals surface area contributed by atoms with E-state index >= 15 is 0 Å². The van der Waals surface area contributed by atoms with E-state index in [4.69, 9.17) is 5.84 Å². The molecule has 3 heteroatoms. The molecule has 68 valence electrons. The minimum Gasteiger partial charge on any atom is -0.323 e. The number of rotatable bonds is 2. The van der Waals surface area contributed by atoms with E-state index in [0.29, 0.717) is 5.71 Å². The minimum atomic E-state index is 0.709. The molecule has 0 radical (unpaired) electrons. The highest BCUT2D eigenvalue weighted by atomic mass is 15.1. The lowest BCUT2D eigenvalue weighted by Crippen LogP contribution is -1.96. The third-order valence-electron chi connectivity index (χ3n) is 1.64. The molecule has 1 aromatic rings. The number of aliphatic imine (C=N–C) groups is 1. The summed E-state index contributed by atoms with van der Waals surface area (Å²) in [6.07, 6.45) is 1.64. The summed E-state index contributed by atoms with van der Waals surface area (Å²) in [6.45, 7) is 3.85. The Labute approximate surface area is 78.0 Å². The predicted molar refractivity (Wildman–Crippen MR) is 56.6 cm³/mol. The summed E-state index contributed by atoms with van der Waals surface area (Å²) in [6, 6.07) is 7.94. The summed E-state index contributed by atoms with van der Waals surface area (Å²) in [5, 5.41) is 3.49. The van der Waals surface area contributed by atoms with Crippen LogP contribution in [0.5, 0.6) is 0 Å². The van der Waals surface area contributed by atoms with Gasteiger partial charge in [0.25, 0.3) is 0 Å². The Kier molecular flexibility index (Phi) is 3.20. The lowest BCUT2D eigenvalue weighted by molar-refractivity contribution is 1.25. The van der Waals surface area contributed by atoms with Crippen molar-refractivity contribution in [3.05, 3.63) is 29.8 Å². The van der Waals surface area contributed by atoms with Crippen LogP contribution in [0.3, 0.4) is 0 Å². The molecule has 0 aliphatic heterocycles. The number of hydrogen-bond acceptors (Lipinski definition) is 3. The number of aryl methyl sites for hydroxylation is 1. The average Bonchev–Trinajstić information content (AvgIpc) is 2.16. The largest absolute Gasteiger partial charge is 0.323 e. The molecule has 0 fully saturated rings. The van der Waals surface area contributed by atoms with Crippen molar-refractivity contribution >= 4 is 17.6 Å². The topological polar surface area (TPSA) is 50.7 Å². The third kappa shape index (κ3) is 3.07.